The van der Waals surface area contributed by atoms with Crippen LogP contribution in [-0.2, 0) is 11.3 Å². The summed E-state index contributed by atoms with van der Waals surface area (Å²) in [5.41, 5.74) is 0. The van der Waals surface area contributed by atoms with E-state index in [9.17, 15) is 4.79 Å². The maximum Gasteiger partial charge on any atom is 0.224 e. The number of rotatable bonds is 6. The largest absolute Gasteiger partial charge is 0.395 e. The lowest BCUT2D eigenvalue weighted by molar-refractivity contribution is -0.135. The van der Waals surface area contributed by atoms with E-state index < -0.39 is 0 Å². The molecule has 106 valence electrons. The Morgan fingerprint density at radius 2 is 2.16 bits per heavy atom. The Bertz CT molecular complexity index is 372. The van der Waals surface area contributed by atoms with Gasteiger partial charge in [-0.15, -0.1) is 0 Å². The summed E-state index contributed by atoms with van der Waals surface area (Å²) < 4.78 is 1.91. The fourth-order valence-corrected chi connectivity index (χ4v) is 2.80. The second kappa shape index (κ2) is 7.28. The maximum atomic E-state index is 12.3. The van der Waals surface area contributed by atoms with Crippen LogP contribution in [0.5, 0.6) is 0 Å². The topological polar surface area (TPSA) is 58.4 Å². The Balaban J connectivity index is 1.87. The van der Waals surface area contributed by atoms with Crippen LogP contribution in [0.25, 0.3) is 0 Å². The molecule has 1 N–H and O–H groups in total. The van der Waals surface area contributed by atoms with Gasteiger partial charge in [0.15, 0.2) is 0 Å². The van der Waals surface area contributed by atoms with Crippen molar-refractivity contribution >= 4 is 5.91 Å². The SMILES string of the molecule is O=C(CCn1ccnc1)N(CCO)C1CCCCC1. The van der Waals surface area contributed by atoms with Gasteiger partial charge < -0.3 is 14.6 Å². The molecule has 1 aromatic heterocycles. The molecule has 1 aliphatic carbocycles. The highest BCUT2D eigenvalue weighted by Gasteiger charge is 2.24. The molecule has 0 spiro atoms. The zero-order valence-electron chi connectivity index (χ0n) is 11.4. The number of hydrogen-bond donors (Lipinski definition) is 1. The summed E-state index contributed by atoms with van der Waals surface area (Å²) in [6.07, 6.45) is 11.6. The van der Waals surface area contributed by atoms with E-state index in [1.807, 2.05) is 15.7 Å². The number of imidazole rings is 1. The molecule has 0 aromatic carbocycles. The smallest absolute Gasteiger partial charge is 0.224 e. The molecule has 1 aromatic rings. The average Bonchev–Trinajstić information content (AvgIpc) is 2.96. The van der Waals surface area contributed by atoms with Crippen LogP contribution < -0.4 is 0 Å². The molecule has 1 amide bonds. The van der Waals surface area contributed by atoms with Crippen molar-refractivity contribution in [1.29, 1.82) is 0 Å². The molecule has 0 bridgehead atoms. The zero-order valence-corrected chi connectivity index (χ0v) is 11.4. The normalized spacial score (nSPS) is 16.5. The molecule has 0 saturated heterocycles. The molecule has 0 aliphatic heterocycles. The van der Waals surface area contributed by atoms with Crippen molar-refractivity contribution in [3.05, 3.63) is 18.7 Å². The summed E-state index contributed by atoms with van der Waals surface area (Å²) in [6, 6.07) is 0.330. The molecule has 2 rings (SSSR count). The van der Waals surface area contributed by atoms with E-state index in [-0.39, 0.29) is 12.5 Å². The van der Waals surface area contributed by atoms with Crippen molar-refractivity contribution in [2.75, 3.05) is 13.2 Å². The van der Waals surface area contributed by atoms with Crippen molar-refractivity contribution in [3.8, 4) is 0 Å². The quantitative estimate of drug-likeness (QED) is 0.846. The first-order valence-corrected chi connectivity index (χ1v) is 7.17. The Morgan fingerprint density at radius 1 is 1.37 bits per heavy atom. The number of carbonyl (C=O) groups excluding carboxylic acids is 1. The number of carbonyl (C=O) groups is 1. The molecule has 1 heterocycles. The van der Waals surface area contributed by atoms with E-state index in [2.05, 4.69) is 4.98 Å². The summed E-state index contributed by atoms with van der Waals surface area (Å²) in [5, 5.41) is 9.16. The second-order valence-electron chi connectivity index (χ2n) is 5.15. The molecule has 19 heavy (non-hydrogen) atoms. The number of aliphatic hydroxyl groups is 1. The molecule has 0 radical (unpaired) electrons. The van der Waals surface area contributed by atoms with Gasteiger partial charge in [-0.05, 0) is 12.8 Å². The van der Waals surface area contributed by atoms with Gasteiger partial charge in [-0.2, -0.15) is 0 Å². The Kier molecular flexibility index (Phi) is 5.39. The Morgan fingerprint density at radius 3 is 2.79 bits per heavy atom. The van der Waals surface area contributed by atoms with Crippen molar-refractivity contribution in [1.82, 2.24) is 14.5 Å². The van der Waals surface area contributed by atoms with Crippen LogP contribution in [0.3, 0.4) is 0 Å². The lowest BCUT2D eigenvalue weighted by Gasteiger charge is -2.34. The molecule has 0 unspecified atom stereocenters. The summed E-state index contributed by atoms with van der Waals surface area (Å²) in [5.74, 6) is 0.148. The third-order valence-electron chi connectivity index (χ3n) is 3.82. The fraction of sp³-hybridized carbons (Fsp3) is 0.714. The third-order valence-corrected chi connectivity index (χ3v) is 3.82. The first-order chi connectivity index (χ1) is 9.31. The number of nitrogens with zero attached hydrogens (tertiary/aromatic N) is 3. The predicted molar refractivity (Wildman–Crippen MR) is 72.5 cm³/mol. The van der Waals surface area contributed by atoms with Gasteiger partial charge >= 0.3 is 0 Å². The van der Waals surface area contributed by atoms with Crippen LogP contribution in [0.4, 0.5) is 0 Å². The first kappa shape index (κ1) is 14.1. The standard InChI is InChI=1S/C14H23N3O2/c18-11-10-17(13-4-2-1-3-5-13)14(19)6-8-16-9-7-15-12-16/h7,9,12-13,18H,1-6,8,10-11H2. The number of aromatic nitrogens is 2. The molecule has 5 nitrogen and oxygen atoms in total. The molecule has 1 saturated carbocycles. The maximum absolute atomic E-state index is 12.3. The molecule has 5 heteroatoms. The van der Waals surface area contributed by atoms with Crippen LogP contribution in [0, 0.1) is 0 Å². The Labute approximate surface area is 114 Å². The van der Waals surface area contributed by atoms with Gasteiger partial charge in [-0.25, -0.2) is 4.98 Å². The van der Waals surface area contributed by atoms with Crippen molar-refractivity contribution in [2.45, 2.75) is 51.1 Å². The van der Waals surface area contributed by atoms with Gasteiger partial charge in [0, 0.05) is 37.9 Å². The third kappa shape index (κ3) is 4.06. The summed E-state index contributed by atoms with van der Waals surface area (Å²) in [6.45, 7) is 1.17. The summed E-state index contributed by atoms with van der Waals surface area (Å²) >= 11 is 0. The minimum atomic E-state index is 0.0489. The first-order valence-electron chi connectivity index (χ1n) is 7.17. The molecule has 1 fully saturated rings. The summed E-state index contributed by atoms with van der Waals surface area (Å²) in [7, 11) is 0. The van der Waals surface area contributed by atoms with E-state index in [0.717, 1.165) is 12.8 Å². The van der Waals surface area contributed by atoms with Gasteiger partial charge in [0.05, 0.1) is 12.9 Å². The number of amides is 1. The fourth-order valence-electron chi connectivity index (χ4n) is 2.80. The van der Waals surface area contributed by atoms with E-state index in [1.54, 1.807) is 12.5 Å². The molecule has 1 aliphatic rings. The van der Waals surface area contributed by atoms with E-state index in [0.29, 0.717) is 25.6 Å². The van der Waals surface area contributed by atoms with Crippen LogP contribution in [-0.4, -0.2) is 44.7 Å². The molecular weight excluding hydrogens is 242 g/mol. The van der Waals surface area contributed by atoms with Gasteiger partial charge in [0.1, 0.15) is 0 Å². The highest BCUT2D eigenvalue weighted by Crippen LogP contribution is 2.23. The van der Waals surface area contributed by atoms with Gasteiger partial charge in [0.2, 0.25) is 5.91 Å². The number of aryl methyl sites for hydroxylation is 1. The van der Waals surface area contributed by atoms with Crippen LogP contribution in [0.1, 0.15) is 38.5 Å². The zero-order chi connectivity index (χ0) is 13.5. The van der Waals surface area contributed by atoms with Crippen molar-refractivity contribution in [3.63, 3.8) is 0 Å². The Hall–Kier alpha value is -1.36. The van der Waals surface area contributed by atoms with E-state index in [4.69, 9.17) is 5.11 Å². The summed E-state index contributed by atoms with van der Waals surface area (Å²) in [4.78, 5) is 18.2. The molecular formula is C14H23N3O2. The minimum absolute atomic E-state index is 0.0489. The second-order valence-corrected chi connectivity index (χ2v) is 5.15. The van der Waals surface area contributed by atoms with Gasteiger partial charge in [0.25, 0.3) is 0 Å². The number of aliphatic hydroxyl groups excluding tert-OH is 1. The average molecular weight is 265 g/mol. The van der Waals surface area contributed by atoms with Crippen LogP contribution in [0.15, 0.2) is 18.7 Å². The van der Waals surface area contributed by atoms with E-state index in [1.165, 1.54) is 19.3 Å². The van der Waals surface area contributed by atoms with E-state index >= 15 is 0 Å². The number of hydrogen-bond acceptors (Lipinski definition) is 3. The minimum Gasteiger partial charge on any atom is -0.395 e. The van der Waals surface area contributed by atoms with Gasteiger partial charge in [-0.3, -0.25) is 4.79 Å². The van der Waals surface area contributed by atoms with Crippen LogP contribution >= 0.6 is 0 Å². The monoisotopic (exact) mass is 265 g/mol. The predicted octanol–water partition coefficient (Wildman–Crippen LogP) is 1.43. The highest BCUT2D eigenvalue weighted by molar-refractivity contribution is 5.76. The van der Waals surface area contributed by atoms with Crippen molar-refractivity contribution < 1.29 is 9.90 Å². The van der Waals surface area contributed by atoms with Crippen molar-refractivity contribution in [2.24, 2.45) is 0 Å². The van der Waals surface area contributed by atoms with Crippen LogP contribution in [0.2, 0.25) is 0 Å². The highest BCUT2D eigenvalue weighted by atomic mass is 16.3. The van der Waals surface area contributed by atoms with Gasteiger partial charge in [-0.1, -0.05) is 19.3 Å². The molecule has 0 atom stereocenters. The lowest BCUT2D eigenvalue weighted by atomic mass is 9.94. The lowest BCUT2D eigenvalue weighted by Crippen LogP contribution is -2.43.